The topological polar surface area (TPSA) is 29.5 Å². The summed E-state index contributed by atoms with van der Waals surface area (Å²) < 4.78 is 5.23. The van der Waals surface area contributed by atoms with Gasteiger partial charge >= 0.3 is 0 Å². The highest BCUT2D eigenvalue weighted by Crippen LogP contribution is 2.23. The molecule has 0 spiro atoms. The molecule has 0 saturated carbocycles. The average Bonchev–Trinajstić information content (AvgIpc) is 2.87. The molecule has 2 rings (SSSR count). The van der Waals surface area contributed by atoms with Gasteiger partial charge in [-0.2, -0.15) is 0 Å². The van der Waals surface area contributed by atoms with E-state index in [0.717, 1.165) is 32.4 Å². The molecule has 2 saturated heterocycles. The first kappa shape index (κ1) is 10.2. The molecule has 2 aliphatic heterocycles. The van der Waals surface area contributed by atoms with Gasteiger partial charge in [-0.15, -0.1) is 11.6 Å². The van der Waals surface area contributed by atoms with E-state index >= 15 is 0 Å². The molecule has 2 aliphatic rings. The van der Waals surface area contributed by atoms with Crippen LogP contribution in [0, 0.1) is 5.92 Å². The van der Waals surface area contributed by atoms with E-state index in [4.69, 9.17) is 16.3 Å². The number of ether oxygens (including phenoxy) is 1. The number of likely N-dealkylation sites (tertiary alicyclic amines) is 1. The van der Waals surface area contributed by atoms with E-state index in [0.29, 0.717) is 12.5 Å². The van der Waals surface area contributed by atoms with Crippen molar-refractivity contribution in [3.8, 4) is 0 Å². The van der Waals surface area contributed by atoms with Crippen molar-refractivity contribution in [3.05, 3.63) is 0 Å². The fourth-order valence-electron chi connectivity index (χ4n) is 2.25. The van der Waals surface area contributed by atoms with E-state index < -0.39 is 0 Å². The lowest BCUT2D eigenvalue weighted by Crippen LogP contribution is -2.40. The van der Waals surface area contributed by atoms with Gasteiger partial charge < -0.3 is 9.64 Å². The Morgan fingerprint density at radius 2 is 2.36 bits per heavy atom. The summed E-state index contributed by atoms with van der Waals surface area (Å²) >= 11 is 5.83. The van der Waals surface area contributed by atoms with Crippen LogP contribution in [0.2, 0.25) is 0 Å². The van der Waals surface area contributed by atoms with Crippen LogP contribution in [0.5, 0.6) is 0 Å². The van der Waals surface area contributed by atoms with E-state index in [1.165, 1.54) is 0 Å². The SMILES string of the molecule is O=C(C1CCOC1)N1CCC[C@@H]1CCl. The van der Waals surface area contributed by atoms with Gasteiger partial charge in [-0.3, -0.25) is 4.79 Å². The quantitative estimate of drug-likeness (QED) is 0.652. The Morgan fingerprint density at radius 3 is 3.00 bits per heavy atom. The van der Waals surface area contributed by atoms with Crippen molar-refractivity contribution in [2.24, 2.45) is 5.92 Å². The molecule has 3 nitrogen and oxygen atoms in total. The number of rotatable bonds is 2. The number of hydrogen-bond acceptors (Lipinski definition) is 2. The van der Waals surface area contributed by atoms with Crippen LogP contribution in [0.15, 0.2) is 0 Å². The largest absolute Gasteiger partial charge is 0.381 e. The number of nitrogens with zero attached hydrogens (tertiary/aromatic N) is 1. The molecular weight excluding hydrogens is 202 g/mol. The molecule has 0 aromatic rings. The van der Waals surface area contributed by atoms with E-state index in [1.54, 1.807) is 0 Å². The van der Waals surface area contributed by atoms with Gasteiger partial charge in [0.05, 0.1) is 12.5 Å². The molecule has 1 amide bonds. The molecule has 0 aliphatic carbocycles. The monoisotopic (exact) mass is 217 g/mol. The normalized spacial score (nSPS) is 32.5. The van der Waals surface area contributed by atoms with Crippen LogP contribution < -0.4 is 0 Å². The number of alkyl halides is 1. The Hall–Kier alpha value is -0.280. The van der Waals surface area contributed by atoms with Crippen LogP contribution in [-0.2, 0) is 9.53 Å². The zero-order valence-electron chi connectivity index (χ0n) is 8.25. The lowest BCUT2D eigenvalue weighted by atomic mass is 10.1. The zero-order chi connectivity index (χ0) is 9.97. The third kappa shape index (κ3) is 1.89. The maximum Gasteiger partial charge on any atom is 0.228 e. The van der Waals surface area contributed by atoms with Gasteiger partial charge in [0.2, 0.25) is 5.91 Å². The van der Waals surface area contributed by atoms with Crippen LogP contribution in [0.1, 0.15) is 19.3 Å². The molecular formula is C10H16ClNO2. The molecule has 0 aromatic carbocycles. The molecule has 4 heteroatoms. The first-order valence-corrected chi connectivity index (χ1v) is 5.80. The molecule has 2 heterocycles. The van der Waals surface area contributed by atoms with Gasteiger partial charge in [-0.05, 0) is 19.3 Å². The minimum atomic E-state index is 0.0961. The van der Waals surface area contributed by atoms with Gasteiger partial charge in [-0.1, -0.05) is 0 Å². The van der Waals surface area contributed by atoms with Crippen molar-refractivity contribution in [2.75, 3.05) is 25.6 Å². The Bertz CT molecular complexity index is 216. The molecule has 0 bridgehead atoms. The highest BCUT2D eigenvalue weighted by Gasteiger charge is 2.34. The highest BCUT2D eigenvalue weighted by molar-refractivity contribution is 6.18. The Morgan fingerprint density at radius 1 is 1.50 bits per heavy atom. The van der Waals surface area contributed by atoms with E-state index in [1.807, 2.05) is 4.90 Å². The third-order valence-corrected chi connectivity index (χ3v) is 3.47. The molecule has 14 heavy (non-hydrogen) atoms. The summed E-state index contributed by atoms with van der Waals surface area (Å²) in [6, 6.07) is 0.268. The maximum absolute atomic E-state index is 12.0. The molecule has 1 unspecified atom stereocenters. The van der Waals surface area contributed by atoms with Crippen LogP contribution in [-0.4, -0.2) is 42.5 Å². The standard InChI is InChI=1S/C10H16ClNO2/c11-6-9-2-1-4-12(9)10(13)8-3-5-14-7-8/h8-9H,1-7H2/t8?,9-/m1/s1. The molecule has 2 atom stereocenters. The second kappa shape index (κ2) is 4.49. The van der Waals surface area contributed by atoms with E-state index in [-0.39, 0.29) is 17.9 Å². The number of amides is 1. The van der Waals surface area contributed by atoms with E-state index in [2.05, 4.69) is 0 Å². The van der Waals surface area contributed by atoms with Crippen molar-refractivity contribution in [3.63, 3.8) is 0 Å². The lowest BCUT2D eigenvalue weighted by molar-refractivity contribution is -0.135. The zero-order valence-corrected chi connectivity index (χ0v) is 9.00. The van der Waals surface area contributed by atoms with Crippen LogP contribution in [0.25, 0.3) is 0 Å². The number of carbonyl (C=O) groups is 1. The summed E-state index contributed by atoms with van der Waals surface area (Å²) in [5, 5.41) is 0. The predicted molar refractivity (Wildman–Crippen MR) is 54.4 cm³/mol. The van der Waals surface area contributed by atoms with Gasteiger partial charge in [-0.25, -0.2) is 0 Å². The maximum atomic E-state index is 12.0. The lowest BCUT2D eigenvalue weighted by Gasteiger charge is -2.25. The Kier molecular flexibility index (Phi) is 3.29. The summed E-state index contributed by atoms with van der Waals surface area (Å²) in [5.74, 6) is 0.920. The summed E-state index contributed by atoms with van der Waals surface area (Å²) in [4.78, 5) is 14.0. The fourth-order valence-corrected chi connectivity index (χ4v) is 2.57. The van der Waals surface area contributed by atoms with Gasteiger partial charge in [0.15, 0.2) is 0 Å². The van der Waals surface area contributed by atoms with Crippen molar-refractivity contribution >= 4 is 17.5 Å². The smallest absolute Gasteiger partial charge is 0.228 e. The second-order valence-corrected chi connectivity index (χ2v) is 4.35. The van der Waals surface area contributed by atoms with Crippen LogP contribution in [0.3, 0.4) is 0 Å². The minimum Gasteiger partial charge on any atom is -0.381 e. The summed E-state index contributed by atoms with van der Waals surface area (Å²) in [5.41, 5.74) is 0. The fraction of sp³-hybridized carbons (Fsp3) is 0.900. The number of carbonyl (C=O) groups excluding carboxylic acids is 1. The number of hydrogen-bond donors (Lipinski definition) is 0. The first-order chi connectivity index (χ1) is 6.83. The Labute approximate surface area is 89.4 Å². The molecule has 0 radical (unpaired) electrons. The van der Waals surface area contributed by atoms with Crippen LogP contribution in [0.4, 0.5) is 0 Å². The first-order valence-electron chi connectivity index (χ1n) is 5.27. The second-order valence-electron chi connectivity index (χ2n) is 4.04. The van der Waals surface area contributed by atoms with Gasteiger partial charge in [0.25, 0.3) is 0 Å². The molecule has 0 N–H and O–H groups in total. The van der Waals surface area contributed by atoms with Crippen molar-refractivity contribution in [1.29, 1.82) is 0 Å². The Balaban J connectivity index is 1.95. The summed E-state index contributed by atoms with van der Waals surface area (Å²) in [7, 11) is 0. The van der Waals surface area contributed by atoms with Crippen molar-refractivity contribution in [1.82, 2.24) is 4.90 Å². The summed E-state index contributed by atoms with van der Waals surface area (Å²) in [6.07, 6.45) is 3.03. The highest BCUT2D eigenvalue weighted by atomic mass is 35.5. The van der Waals surface area contributed by atoms with Crippen molar-refractivity contribution < 1.29 is 9.53 Å². The predicted octanol–water partition coefficient (Wildman–Crippen LogP) is 1.25. The van der Waals surface area contributed by atoms with Crippen molar-refractivity contribution in [2.45, 2.75) is 25.3 Å². The summed E-state index contributed by atoms with van der Waals surface area (Å²) in [6.45, 7) is 2.22. The van der Waals surface area contributed by atoms with E-state index in [9.17, 15) is 4.79 Å². The van der Waals surface area contributed by atoms with Crippen LogP contribution >= 0.6 is 11.6 Å². The molecule has 2 fully saturated rings. The third-order valence-electron chi connectivity index (χ3n) is 3.12. The van der Waals surface area contributed by atoms with Gasteiger partial charge in [0.1, 0.15) is 0 Å². The minimum absolute atomic E-state index is 0.0961. The van der Waals surface area contributed by atoms with Gasteiger partial charge in [0, 0.05) is 25.1 Å². The average molecular weight is 218 g/mol. The molecule has 0 aromatic heterocycles. The number of halogens is 1. The molecule has 80 valence electrons.